The van der Waals surface area contributed by atoms with E-state index in [4.69, 9.17) is 9.26 Å². The number of ether oxygens (including phenoxy) is 1. The average Bonchev–Trinajstić information content (AvgIpc) is 3.61. The van der Waals surface area contributed by atoms with E-state index in [0.717, 1.165) is 42.7 Å². The first-order chi connectivity index (χ1) is 17.6. The molecule has 0 bridgehead atoms. The highest BCUT2D eigenvalue weighted by molar-refractivity contribution is 6.04. The number of hydrogen-bond donors (Lipinski definition) is 1. The molecule has 1 N–H and O–H groups in total. The summed E-state index contributed by atoms with van der Waals surface area (Å²) >= 11 is 0. The number of fused-ring (bicyclic) bond motifs is 1. The molecule has 0 radical (unpaired) electrons. The molecule has 4 heterocycles. The van der Waals surface area contributed by atoms with Crippen molar-refractivity contribution in [2.24, 2.45) is 0 Å². The lowest BCUT2D eigenvalue weighted by atomic mass is 10.1. The van der Waals surface area contributed by atoms with E-state index in [2.05, 4.69) is 20.4 Å². The van der Waals surface area contributed by atoms with Crippen molar-refractivity contribution in [3.05, 3.63) is 65.9 Å². The van der Waals surface area contributed by atoms with E-state index in [9.17, 15) is 9.59 Å². The van der Waals surface area contributed by atoms with Crippen LogP contribution in [0.4, 0.5) is 10.5 Å². The van der Waals surface area contributed by atoms with Crippen LogP contribution < -0.4 is 5.32 Å². The lowest BCUT2D eigenvalue weighted by Gasteiger charge is -2.23. The van der Waals surface area contributed by atoms with Gasteiger partial charge >= 0.3 is 6.09 Å². The molecule has 10 nitrogen and oxygen atoms in total. The molecule has 3 aromatic heterocycles. The van der Waals surface area contributed by atoms with E-state index < -0.39 is 0 Å². The van der Waals surface area contributed by atoms with Gasteiger partial charge in [0, 0.05) is 37.5 Å². The van der Waals surface area contributed by atoms with Crippen molar-refractivity contribution in [3.63, 3.8) is 0 Å². The van der Waals surface area contributed by atoms with Crippen molar-refractivity contribution in [3.8, 4) is 11.4 Å². The molecule has 0 spiro atoms. The zero-order chi connectivity index (χ0) is 26.6. The van der Waals surface area contributed by atoms with Crippen LogP contribution in [-0.2, 0) is 4.74 Å². The zero-order valence-corrected chi connectivity index (χ0v) is 21.8. The minimum absolute atomic E-state index is 0.167. The number of carbonyl (C=O) groups is 2. The van der Waals surface area contributed by atoms with Crippen LogP contribution in [0.1, 0.15) is 55.6 Å². The largest absolute Gasteiger partial charge is 0.444 e. The molecule has 0 unspecified atom stereocenters. The Morgan fingerprint density at radius 1 is 1.08 bits per heavy atom. The van der Waals surface area contributed by atoms with Crippen molar-refractivity contribution in [1.82, 2.24) is 24.4 Å². The second-order valence-corrected chi connectivity index (χ2v) is 9.87. The van der Waals surface area contributed by atoms with Crippen LogP contribution in [0.25, 0.3) is 17.0 Å². The molecule has 0 saturated carbocycles. The van der Waals surface area contributed by atoms with Crippen LogP contribution in [0.2, 0.25) is 0 Å². The van der Waals surface area contributed by atoms with E-state index in [1.165, 1.54) is 0 Å². The molecule has 2 amide bonds. The molecule has 5 rings (SSSR count). The predicted octanol–water partition coefficient (Wildman–Crippen LogP) is 5.27. The second kappa shape index (κ2) is 10.8. The van der Waals surface area contributed by atoms with Crippen molar-refractivity contribution in [2.75, 3.05) is 18.4 Å². The number of nitrogens with one attached hydrogen (secondary N) is 1. The third-order valence-electron chi connectivity index (χ3n) is 5.68. The van der Waals surface area contributed by atoms with Crippen LogP contribution in [0, 0.1) is 13.8 Å². The number of imidazole rings is 1. The van der Waals surface area contributed by atoms with Gasteiger partial charge in [0.1, 0.15) is 16.9 Å². The van der Waals surface area contributed by atoms with Gasteiger partial charge in [-0.15, -0.1) is 0 Å². The normalized spacial score (nSPS) is 13.3. The van der Waals surface area contributed by atoms with Crippen LogP contribution in [0.5, 0.6) is 0 Å². The maximum atomic E-state index is 12.7. The highest BCUT2D eigenvalue weighted by Gasteiger charge is 2.24. The van der Waals surface area contributed by atoms with E-state index in [-0.39, 0.29) is 17.6 Å². The van der Waals surface area contributed by atoms with Gasteiger partial charge in [0.2, 0.25) is 11.7 Å². The van der Waals surface area contributed by atoms with E-state index in [0.29, 0.717) is 23.1 Å². The van der Waals surface area contributed by atoms with Gasteiger partial charge in [-0.3, -0.25) is 9.20 Å². The number of pyridine rings is 1. The maximum absolute atomic E-state index is 12.7. The molecule has 1 aliphatic heterocycles. The Morgan fingerprint density at radius 3 is 2.51 bits per heavy atom. The number of nitrogens with zero attached hydrogens (tertiary/aromatic N) is 5. The van der Waals surface area contributed by atoms with Gasteiger partial charge in [0.15, 0.2) is 0 Å². The highest BCUT2D eigenvalue weighted by atomic mass is 16.6. The van der Waals surface area contributed by atoms with Crippen LogP contribution >= 0.6 is 0 Å². The van der Waals surface area contributed by atoms with Crippen molar-refractivity contribution < 1.29 is 18.8 Å². The first-order valence-corrected chi connectivity index (χ1v) is 12.2. The molecule has 1 aromatic carbocycles. The Morgan fingerprint density at radius 2 is 1.84 bits per heavy atom. The van der Waals surface area contributed by atoms with E-state index >= 15 is 0 Å². The number of hydrogen-bond acceptors (Lipinski definition) is 7. The Balaban J connectivity index is 0.000000225. The highest BCUT2D eigenvalue weighted by Crippen LogP contribution is 2.24. The number of aromatic nitrogens is 4. The first kappa shape index (κ1) is 25.9. The van der Waals surface area contributed by atoms with E-state index in [1.807, 2.05) is 70.3 Å². The Hall–Kier alpha value is -4.21. The zero-order valence-electron chi connectivity index (χ0n) is 21.8. The number of amides is 2. The van der Waals surface area contributed by atoms with Crippen molar-refractivity contribution >= 4 is 23.3 Å². The third-order valence-corrected chi connectivity index (χ3v) is 5.68. The second-order valence-electron chi connectivity index (χ2n) is 9.87. The number of aryl methyl sites for hydroxylation is 2. The minimum atomic E-state index is -0.361. The van der Waals surface area contributed by atoms with E-state index in [1.54, 1.807) is 22.4 Å². The van der Waals surface area contributed by atoms with Gasteiger partial charge in [-0.25, -0.2) is 9.78 Å². The Bertz CT molecular complexity index is 1400. The minimum Gasteiger partial charge on any atom is -0.444 e. The maximum Gasteiger partial charge on any atom is 0.410 e. The summed E-state index contributed by atoms with van der Waals surface area (Å²) in [6, 6.07) is 11.2. The fourth-order valence-electron chi connectivity index (χ4n) is 3.83. The SMILES string of the molecule is CC(C)(C)OC(=O)N1CCCC1.Cc1nc(-c2ccc(C)c(NC(=O)c3cnc4ccccn34)c2)no1. The van der Waals surface area contributed by atoms with Gasteiger partial charge in [-0.2, -0.15) is 4.98 Å². The quantitative estimate of drug-likeness (QED) is 0.404. The van der Waals surface area contributed by atoms with Crippen LogP contribution in [-0.4, -0.2) is 55.1 Å². The topological polar surface area (TPSA) is 115 Å². The lowest BCUT2D eigenvalue weighted by Crippen LogP contribution is -2.34. The summed E-state index contributed by atoms with van der Waals surface area (Å²) in [6.07, 6.45) is 5.42. The Labute approximate surface area is 215 Å². The molecule has 37 heavy (non-hydrogen) atoms. The fourth-order valence-corrected chi connectivity index (χ4v) is 3.83. The lowest BCUT2D eigenvalue weighted by molar-refractivity contribution is 0.0295. The molecule has 1 fully saturated rings. The van der Waals surface area contributed by atoms with Gasteiger partial charge in [0.25, 0.3) is 5.91 Å². The van der Waals surface area contributed by atoms with Crippen molar-refractivity contribution in [1.29, 1.82) is 0 Å². The van der Waals surface area contributed by atoms with Crippen LogP contribution in [0.3, 0.4) is 0 Å². The smallest absolute Gasteiger partial charge is 0.410 e. The van der Waals surface area contributed by atoms with Gasteiger partial charge in [-0.1, -0.05) is 23.4 Å². The molecule has 10 heteroatoms. The fraction of sp³-hybridized carbons (Fsp3) is 0.370. The summed E-state index contributed by atoms with van der Waals surface area (Å²) in [5, 5.41) is 6.85. The van der Waals surface area contributed by atoms with Crippen LogP contribution in [0.15, 0.2) is 53.3 Å². The summed E-state index contributed by atoms with van der Waals surface area (Å²) in [5.41, 5.74) is 3.23. The molecule has 0 atom stereocenters. The third kappa shape index (κ3) is 6.52. The summed E-state index contributed by atoms with van der Waals surface area (Å²) < 4.78 is 12.0. The molecule has 194 valence electrons. The number of benzene rings is 1. The monoisotopic (exact) mass is 504 g/mol. The standard InChI is InChI=1S/C18H15N5O2.C9H17NO2/c1-11-6-7-13(17-20-12(2)25-22-17)9-14(11)21-18(24)15-10-19-16-5-3-4-8-23(15)16;1-9(2,3)12-8(11)10-6-4-5-7-10/h3-10H,1-2H3,(H,21,24);4-7H2,1-3H3. The van der Waals surface area contributed by atoms with Gasteiger partial charge in [0.05, 0.1) is 6.20 Å². The number of rotatable bonds is 3. The number of likely N-dealkylation sites (tertiary alicyclic amines) is 1. The molecular weight excluding hydrogens is 472 g/mol. The molecule has 4 aromatic rings. The first-order valence-electron chi connectivity index (χ1n) is 12.2. The summed E-state index contributed by atoms with van der Waals surface area (Å²) in [5.74, 6) is 0.748. The number of anilines is 1. The number of carbonyl (C=O) groups excluding carboxylic acids is 2. The Kier molecular flexibility index (Phi) is 7.56. The summed E-state index contributed by atoms with van der Waals surface area (Å²) in [6.45, 7) is 11.0. The molecule has 1 saturated heterocycles. The summed E-state index contributed by atoms with van der Waals surface area (Å²) in [7, 11) is 0. The molecule has 1 aliphatic rings. The molecule has 0 aliphatic carbocycles. The van der Waals surface area contributed by atoms with Crippen molar-refractivity contribution in [2.45, 2.75) is 53.1 Å². The summed E-state index contributed by atoms with van der Waals surface area (Å²) in [4.78, 5) is 34.3. The van der Waals surface area contributed by atoms with Gasteiger partial charge < -0.3 is 19.5 Å². The van der Waals surface area contributed by atoms with Gasteiger partial charge in [-0.05, 0) is 64.3 Å². The molecular formula is C27H32N6O4. The predicted molar refractivity (Wildman–Crippen MR) is 139 cm³/mol. The average molecular weight is 505 g/mol.